The smallest absolute Gasteiger partial charge is 0.179 e. The number of aromatic nitrogens is 2. The van der Waals surface area contributed by atoms with Crippen molar-refractivity contribution in [3.63, 3.8) is 0 Å². The van der Waals surface area contributed by atoms with Crippen LogP contribution in [0.4, 0.5) is 0 Å². The summed E-state index contributed by atoms with van der Waals surface area (Å²) in [4.78, 5) is 7.13. The molecule has 0 aliphatic carbocycles. The maximum atomic E-state index is 5.35. The van der Waals surface area contributed by atoms with Crippen molar-refractivity contribution in [2.24, 2.45) is 0 Å². The summed E-state index contributed by atoms with van der Waals surface area (Å²) in [5, 5.41) is 0. The third-order valence-corrected chi connectivity index (χ3v) is 3.82. The molecule has 0 atom stereocenters. The summed E-state index contributed by atoms with van der Waals surface area (Å²) >= 11 is 0. The van der Waals surface area contributed by atoms with E-state index in [-0.39, 0.29) is 0 Å². The van der Waals surface area contributed by atoms with Crippen LogP contribution in [-0.4, -0.2) is 41.5 Å². The summed E-state index contributed by atoms with van der Waals surface area (Å²) in [6, 6.07) is 3.95. The Morgan fingerprint density at radius 1 is 1.33 bits per heavy atom. The summed E-state index contributed by atoms with van der Waals surface area (Å²) in [5.74, 6) is 1.43. The van der Waals surface area contributed by atoms with Crippen LogP contribution in [0.5, 0.6) is 5.75 Å². The highest BCUT2D eigenvalue weighted by Crippen LogP contribution is 2.28. The molecule has 2 aromatic heterocycles. The van der Waals surface area contributed by atoms with Gasteiger partial charge in [-0.1, -0.05) is 0 Å². The largest absolute Gasteiger partial charge is 0.493 e. The summed E-state index contributed by atoms with van der Waals surface area (Å²) in [5.41, 5.74) is 2.13. The molecule has 1 fully saturated rings. The molecule has 1 saturated heterocycles. The van der Waals surface area contributed by atoms with Gasteiger partial charge in [-0.25, -0.2) is 4.98 Å². The van der Waals surface area contributed by atoms with Crippen molar-refractivity contribution in [1.82, 2.24) is 14.3 Å². The third kappa shape index (κ3) is 1.97. The first kappa shape index (κ1) is 11.5. The summed E-state index contributed by atoms with van der Waals surface area (Å²) < 4.78 is 7.42. The van der Waals surface area contributed by atoms with Gasteiger partial charge in [-0.05, 0) is 45.1 Å². The Kier molecular flexibility index (Phi) is 2.96. The number of fused-ring (bicyclic) bond motifs is 1. The lowest BCUT2D eigenvalue weighted by atomic mass is 9.94. The summed E-state index contributed by atoms with van der Waals surface area (Å²) in [6.45, 7) is 2.32. The molecule has 96 valence electrons. The van der Waals surface area contributed by atoms with E-state index in [0.29, 0.717) is 5.92 Å². The molecule has 4 heteroatoms. The number of nitrogens with zero attached hydrogens (tertiary/aromatic N) is 3. The second-order valence-corrected chi connectivity index (χ2v) is 5.05. The Balaban J connectivity index is 1.93. The lowest BCUT2D eigenvalue weighted by Gasteiger charge is -2.27. The van der Waals surface area contributed by atoms with E-state index < -0.39 is 0 Å². The zero-order valence-electron chi connectivity index (χ0n) is 11.0. The maximum absolute atomic E-state index is 5.35. The number of piperidine rings is 1. The van der Waals surface area contributed by atoms with Crippen molar-refractivity contribution in [1.29, 1.82) is 0 Å². The number of imidazole rings is 1. The first-order valence-electron chi connectivity index (χ1n) is 6.48. The standard InChI is InChI=1S/C14H19N3O/c1-16-8-5-11(6-9-16)12-10-17-7-3-4-13(18-2)14(17)15-12/h3-4,7,10-11H,5-6,8-9H2,1-2H3. The molecule has 1 aliphatic heterocycles. The predicted molar refractivity (Wildman–Crippen MR) is 71.2 cm³/mol. The molecule has 0 spiro atoms. The molecule has 18 heavy (non-hydrogen) atoms. The maximum Gasteiger partial charge on any atom is 0.179 e. The Morgan fingerprint density at radius 3 is 2.83 bits per heavy atom. The van der Waals surface area contributed by atoms with Crippen LogP contribution in [0.25, 0.3) is 5.65 Å². The number of rotatable bonds is 2. The highest BCUT2D eigenvalue weighted by molar-refractivity contribution is 5.54. The van der Waals surface area contributed by atoms with Crippen molar-refractivity contribution in [2.75, 3.05) is 27.2 Å². The average Bonchev–Trinajstić information content (AvgIpc) is 2.83. The van der Waals surface area contributed by atoms with Crippen molar-refractivity contribution >= 4 is 5.65 Å². The van der Waals surface area contributed by atoms with Gasteiger partial charge in [-0.2, -0.15) is 0 Å². The normalized spacial score (nSPS) is 18.3. The quantitative estimate of drug-likeness (QED) is 0.812. The molecule has 0 aromatic carbocycles. The van der Waals surface area contributed by atoms with Gasteiger partial charge in [-0.15, -0.1) is 0 Å². The number of hydrogen-bond donors (Lipinski definition) is 0. The molecule has 0 amide bonds. The van der Waals surface area contributed by atoms with E-state index in [2.05, 4.69) is 22.5 Å². The SMILES string of the molecule is COc1cccn2cc(C3CCN(C)CC3)nc12. The van der Waals surface area contributed by atoms with E-state index in [4.69, 9.17) is 9.72 Å². The van der Waals surface area contributed by atoms with E-state index in [1.54, 1.807) is 7.11 Å². The number of methoxy groups -OCH3 is 1. The third-order valence-electron chi connectivity index (χ3n) is 3.82. The highest BCUT2D eigenvalue weighted by atomic mass is 16.5. The van der Waals surface area contributed by atoms with E-state index in [0.717, 1.165) is 24.5 Å². The summed E-state index contributed by atoms with van der Waals surface area (Å²) in [7, 11) is 3.88. The molecule has 1 aliphatic rings. The molecule has 0 unspecified atom stereocenters. The van der Waals surface area contributed by atoms with Gasteiger partial charge in [0, 0.05) is 18.3 Å². The minimum absolute atomic E-state index is 0.589. The second kappa shape index (κ2) is 4.61. The first-order chi connectivity index (χ1) is 8.78. The Morgan fingerprint density at radius 2 is 2.11 bits per heavy atom. The van der Waals surface area contributed by atoms with Gasteiger partial charge < -0.3 is 14.0 Å². The van der Waals surface area contributed by atoms with E-state index in [9.17, 15) is 0 Å². The molecule has 2 aromatic rings. The van der Waals surface area contributed by atoms with Gasteiger partial charge in [0.1, 0.15) is 0 Å². The van der Waals surface area contributed by atoms with Crippen molar-refractivity contribution in [3.8, 4) is 5.75 Å². The molecule has 3 heterocycles. The molecule has 3 rings (SSSR count). The Labute approximate surface area is 107 Å². The zero-order chi connectivity index (χ0) is 12.5. The van der Waals surface area contributed by atoms with Crippen molar-refractivity contribution in [3.05, 3.63) is 30.2 Å². The monoisotopic (exact) mass is 245 g/mol. The molecule has 0 saturated carbocycles. The molecule has 4 nitrogen and oxygen atoms in total. The minimum atomic E-state index is 0.589. The van der Waals surface area contributed by atoms with Gasteiger partial charge in [0.25, 0.3) is 0 Å². The van der Waals surface area contributed by atoms with Crippen LogP contribution < -0.4 is 4.74 Å². The Hall–Kier alpha value is -1.55. The number of pyridine rings is 1. The van der Waals surface area contributed by atoms with Crippen LogP contribution in [0.2, 0.25) is 0 Å². The fourth-order valence-corrected chi connectivity index (χ4v) is 2.67. The number of likely N-dealkylation sites (tertiary alicyclic amines) is 1. The van der Waals surface area contributed by atoms with Gasteiger partial charge in [0.2, 0.25) is 0 Å². The van der Waals surface area contributed by atoms with Gasteiger partial charge in [0.05, 0.1) is 12.8 Å². The fourth-order valence-electron chi connectivity index (χ4n) is 2.67. The fraction of sp³-hybridized carbons (Fsp3) is 0.500. The van der Waals surface area contributed by atoms with E-state index in [1.807, 2.05) is 18.3 Å². The zero-order valence-corrected chi connectivity index (χ0v) is 11.0. The Bertz CT molecular complexity index is 541. The summed E-state index contributed by atoms with van der Waals surface area (Å²) in [6.07, 6.45) is 6.57. The van der Waals surface area contributed by atoms with E-state index >= 15 is 0 Å². The van der Waals surface area contributed by atoms with Crippen LogP contribution >= 0.6 is 0 Å². The topological polar surface area (TPSA) is 29.8 Å². The van der Waals surface area contributed by atoms with Crippen LogP contribution in [-0.2, 0) is 0 Å². The van der Waals surface area contributed by atoms with Crippen LogP contribution in [0.15, 0.2) is 24.5 Å². The van der Waals surface area contributed by atoms with Gasteiger partial charge in [0.15, 0.2) is 11.4 Å². The number of hydrogen-bond acceptors (Lipinski definition) is 3. The predicted octanol–water partition coefficient (Wildman–Crippen LogP) is 2.15. The lowest BCUT2D eigenvalue weighted by molar-refractivity contribution is 0.253. The molecular formula is C14H19N3O. The highest BCUT2D eigenvalue weighted by Gasteiger charge is 2.21. The average molecular weight is 245 g/mol. The molecule has 0 radical (unpaired) electrons. The van der Waals surface area contributed by atoms with Gasteiger partial charge in [-0.3, -0.25) is 0 Å². The van der Waals surface area contributed by atoms with Crippen molar-refractivity contribution < 1.29 is 4.74 Å². The molecular weight excluding hydrogens is 226 g/mol. The lowest BCUT2D eigenvalue weighted by Crippen LogP contribution is -2.29. The van der Waals surface area contributed by atoms with Crippen molar-refractivity contribution in [2.45, 2.75) is 18.8 Å². The number of ether oxygens (including phenoxy) is 1. The first-order valence-corrected chi connectivity index (χ1v) is 6.48. The molecule has 0 N–H and O–H groups in total. The minimum Gasteiger partial charge on any atom is -0.493 e. The van der Waals surface area contributed by atoms with Crippen LogP contribution in [0.3, 0.4) is 0 Å². The van der Waals surface area contributed by atoms with Gasteiger partial charge >= 0.3 is 0 Å². The van der Waals surface area contributed by atoms with E-state index in [1.165, 1.54) is 18.5 Å². The second-order valence-electron chi connectivity index (χ2n) is 5.05. The molecule has 0 bridgehead atoms. The van der Waals surface area contributed by atoms with Crippen LogP contribution in [0.1, 0.15) is 24.5 Å². The van der Waals surface area contributed by atoms with Crippen LogP contribution in [0, 0.1) is 0 Å².